The number of carbonyl (C=O) groups is 2. The molecule has 0 spiro atoms. The number of amides is 2. The molecule has 2 N–H and O–H groups in total. The lowest BCUT2D eigenvalue weighted by molar-refractivity contribution is -0.122. The Morgan fingerprint density at radius 3 is 2.07 bits per heavy atom. The summed E-state index contributed by atoms with van der Waals surface area (Å²) in [6.45, 7) is 5.85. The maximum absolute atomic E-state index is 12.6. The Morgan fingerprint density at radius 1 is 0.833 bits per heavy atom. The van der Waals surface area contributed by atoms with E-state index in [0.717, 1.165) is 11.1 Å². The Balaban J connectivity index is 1.59. The third kappa shape index (κ3) is 5.70. The molecule has 3 rings (SSSR count). The van der Waals surface area contributed by atoms with Crippen LogP contribution in [0.15, 0.2) is 72.8 Å². The van der Waals surface area contributed by atoms with Crippen LogP contribution in [0.5, 0.6) is 5.75 Å². The topological polar surface area (TPSA) is 67.4 Å². The molecule has 3 aromatic carbocycles. The van der Waals surface area contributed by atoms with E-state index in [9.17, 15) is 9.59 Å². The molecule has 30 heavy (non-hydrogen) atoms. The van der Waals surface area contributed by atoms with Crippen molar-refractivity contribution in [3.63, 3.8) is 0 Å². The van der Waals surface area contributed by atoms with Gasteiger partial charge in [-0.3, -0.25) is 9.59 Å². The van der Waals surface area contributed by atoms with Crippen LogP contribution in [0.4, 0.5) is 11.4 Å². The SMILES string of the molecule is CCC(Oc1ccc(C)cc1)C(=O)Nc1ccc(NC(=O)c2cccc(C)c2)cc1. The summed E-state index contributed by atoms with van der Waals surface area (Å²) < 4.78 is 5.82. The lowest BCUT2D eigenvalue weighted by Crippen LogP contribution is -2.32. The van der Waals surface area contributed by atoms with Gasteiger partial charge in [-0.05, 0) is 68.8 Å². The van der Waals surface area contributed by atoms with Crippen LogP contribution in [0.2, 0.25) is 0 Å². The Kier molecular flexibility index (Phi) is 6.86. The molecule has 1 atom stereocenters. The third-order valence-corrected chi connectivity index (χ3v) is 4.65. The van der Waals surface area contributed by atoms with E-state index >= 15 is 0 Å². The molecule has 0 aliphatic rings. The maximum atomic E-state index is 12.6. The molecule has 0 aliphatic heterocycles. The molecule has 0 heterocycles. The average Bonchev–Trinajstić information content (AvgIpc) is 2.74. The van der Waals surface area contributed by atoms with E-state index in [1.54, 1.807) is 30.3 Å². The van der Waals surface area contributed by atoms with E-state index in [1.165, 1.54) is 0 Å². The molecule has 1 unspecified atom stereocenters. The molecule has 0 saturated heterocycles. The molecule has 0 aromatic heterocycles. The number of anilines is 2. The second-order valence-corrected chi connectivity index (χ2v) is 7.22. The normalized spacial score (nSPS) is 11.4. The molecule has 0 aliphatic carbocycles. The molecule has 2 amide bonds. The van der Waals surface area contributed by atoms with Gasteiger partial charge in [-0.2, -0.15) is 0 Å². The van der Waals surface area contributed by atoms with Crippen molar-refractivity contribution in [1.82, 2.24) is 0 Å². The van der Waals surface area contributed by atoms with Crippen molar-refractivity contribution in [3.05, 3.63) is 89.5 Å². The first-order chi connectivity index (χ1) is 14.4. The molecule has 5 heteroatoms. The number of carbonyl (C=O) groups excluding carboxylic acids is 2. The highest BCUT2D eigenvalue weighted by molar-refractivity contribution is 6.04. The summed E-state index contributed by atoms with van der Waals surface area (Å²) in [5.74, 6) is 0.277. The fourth-order valence-corrected chi connectivity index (χ4v) is 2.95. The van der Waals surface area contributed by atoms with Gasteiger partial charge in [-0.1, -0.05) is 42.3 Å². The maximum Gasteiger partial charge on any atom is 0.265 e. The number of rotatable bonds is 7. The van der Waals surface area contributed by atoms with Gasteiger partial charge in [-0.15, -0.1) is 0 Å². The number of benzene rings is 3. The van der Waals surface area contributed by atoms with Crippen molar-refractivity contribution < 1.29 is 14.3 Å². The Hall–Kier alpha value is -3.60. The summed E-state index contributed by atoms with van der Waals surface area (Å²) in [6.07, 6.45) is -0.0435. The highest BCUT2D eigenvalue weighted by Gasteiger charge is 2.18. The van der Waals surface area contributed by atoms with Gasteiger partial charge in [0, 0.05) is 16.9 Å². The predicted octanol–water partition coefficient (Wildman–Crippen LogP) is 5.35. The number of hydrogen-bond acceptors (Lipinski definition) is 3. The van der Waals surface area contributed by atoms with Crippen molar-refractivity contribution in [2.75, 3.05) is 10.6 Å². The van der Waals surface area contributed by atoms with Crippen molar-refractivity contribution in [2.24, 2.45) is 0 Å². The lowest BCUT2D eigenvalue weighted by Gasteiger charge is -2.17. The summed E-state index contributed by atoms with van der Waals surface area (Å²) in [7, 11) is 0. The minimum atomic E-state index is -0.589. The largest absolute Gasteiger partial charge is 0.481 e. The molecule has 0 saturated carbocycles. The van der Waals surface area contributed by atoms with Crippen LogP contribution in [-0.4, -0.2) is 17.9 Å². The van der Waals surface area contributed by atoms with E-state index in [2.05, 4.69) is 10.6 Å². The summed E-state index contributed by atoms with van der Waals surface area (Å²) in [5.41, 5.74) is 4.06. The van der Waals surface area contributed by atoms with Gasteiger partial charge in [0.25, 0.3) is 11.8 Å². The summed E-state index contributed by atoms with van der Waals surface area (Å²) in [6, 6.07) is 22.0. The molecule has 5 nitrogen and oxygen atoms in total. The van der Waals surface area contributed by atoms with E-state index in [0.29, 0.717) is 29.1 Å². The first kappa shape index (κ1) is 21.1. The number of nitrogens with one attached hydrogen (secondary N) is 2. The fourth-order valence-electron chi connectivity index (χ4n) is 2.95. The van der Waals surface area contributed by atoms with Crippen LogP contribution in [0.25, 0.3) is 0 Å². The van der Waals surface area contributed by atoms with Gasteiger partial charge in [0.05, 0.1) is 0 Å². The third-order valence-electron chi connectivity index (χ3n) is 4.65. The van der Waals surface area contributed by atoms with Gasteiger partial charge in [0.2, 0.25) is 0 Å². The van der Waals surface area contributed by atoms with Crippen molar-refractivity contribution in [2.45, 2.75) is 33.3 Å². The monoisotopic (exact) mass is 402 g/mol. The van der Waals surface area contributed by atoms with E-state index in [-0.39, 0.29) is 11.8 Å². The Morgan fingerprint density at radius 2 is 1.47 bits per heavy atom. The van der Waals surface area contributed by atoms with Gasteiger partial charge in [-0.25, -0.2) is 0 Å². The van der Waals surface area contributed by atoms with Gasteiger partial charge < -0.3 is 15.4 Å². The molecular weight excluding hydrogens is 376 g/mol. The minimum Gasteiger partial charge on any atom is -0.481 e. The average molecular weight is 402 g/mol. The fraction of sp³-hybridized carbons (Fsp3) is 0.200. The van der Waals surface area contributed by atoms with Crippen molar-refractivity contribution in [1.29, 1.82) is 0 Å². The van der Waals surface area contributed by atoms with E-state index in [4.69, 9.17) is 4.74 Å². The molecule has 0 radical (unpaired) electrons. The second kappa shape index (κ2) is 9.74. The zero-order chi connectivity index (χ0) is 21.5. The molecule has 0 bridgehead atoms. The van der Waals surface area contributed by atoms with Crippen LogP contribution in [0.1, 0.15) is 34.8 Å². The molecule has 0 fully saturated rings. The van der Waals surface area contributed by atoms with E-state index < -0.39 is 6.10 Å². The summed E-state index contributed by atoms with van der Waals surface area (Å²) in [5, 5.41) is 5.73. The number of hydrogen-bond donors (Lipinski definition) is 2. The summed E-state index contributed by atoms with van der Waals surface area (Å²) >= 11 is 0. The minimum absolute atomic E-state index is 0.173. The number of aryl methyl sites for hydroxylation is 2. The Bertz CT molecular complexity index is 1010. The van der Waals surface area contributed by atoms with Crippen molar-refractivity contribution >= 4 is 23.2 Å². The van der Waals surface area contributed by atoms with Crippen LogP contribution in [0, 0.1) is 13.8 Å². The first-order valence-corrected chi connectivity index (χ1v) is 9.97. The van der Waals surface area contributed by atoms with Gasteiger partial charge >= 0.3 is 0 Å². The zero-order valence-electron chi connectivity index (χ0n) is 17.4. The predicted molar refractivity (Wildman–Crippen MR) is 120 cm³/mol. The van der Waals surface area contributed by atoms with Crippen molar-refractivity contribution in [3.8, 4) is 5.75 Å². The lowest BCUT2D eigenvalue weighted by atomic mass is 10.1. The van der Waals surface area contributed by atoms with E-state index in [1.807, 2.05) is 63.2 Å². The molecular formula is C25H26N2O3. The molecule has 154 valence electrons. The number of ether oxygens (including phenoxy) is 1. The Labute approximate surface area is 177 Å². The highest BCUT2D eigenvalue weighted by atomic mass is 16.5. The van der Waals surface area contributed by atoms with Crippen LogP contribution < -0.4 is 15.4 Å². The van der Waals surface area contributed by atoms with Crippen LogP contribution in [-0.2, 0) is 4.79 Å². The summed E-state index contributed by atoms with van der Waals surface area (Å²) in [4.78, 5) is 24.9. The van der Waals surface area contributed by atoms with Gasteiger partial charge in [0.15, 0.2) is 6.10 Å². The second-order valence-electron chi connectivity index (χ2n) is 7.22. The van der Waals surface area contributed by atoms with Crippen LogP contribution in [0.3, 0.4) is 0 Å². The zero-order valence-corrected chi connectivity index (χ0v) is 17.4. The first-order valence-electron chi connectivity index (χ1n) is 9.97. The highest BCUT2D eigenvalue weighted by Crippen LogP contribution is 2.18. The quantitative estimate of drug-likeness (QED) is 0.560. The molecule has 3 aromatic rings. The van der Waals surface area contributed by atoms with Gasteiger partial charge in [0.1, 0.15) is 5.75 Å². The van der Waals surface area contributed by atoms with Crippen LogP contribution >= 0.6 is 0 Å². The standard InChI is InChI=1S/C25H26N2O3/c1-4-23(30-22-14-8-17(2)9-15-22)25(29)27-21-12-10-20(11-13-21)26-24(28)19-7-5-6-18(3)16-19/h5-16,23H,4H2,1-3H3,(H,26,28)(H,27,29). The smallest absolute Gasteiger partial charge is 0.265 e.